The second-order valence-electron chi connectivity index (χ2n) is 5.19. The molecule has 1 aliphatic rings. The molecule has 0 aliphatic heterocycles. The summed E-state index contributed by atoms with van der Waals surface area (Å²) in [6.07, 6.45) is 6.79. The standard InChI is InChI=1S/C15H22ClN/c1-17-11-14-5-3-2-4-13(14)10-12-6-8-15(16)9-7-12/h6-9,13-14,17H,2-5,10-11H2,1H3. The molecule has 2 atom stereocenters. The lowest BCUT2D eigenvalue weighted by molar-refractivity contribution is 0.232. The van der Waals surface area contributed by atoms with Crippen molar-refractivity contribution >= 4 is 11.6 Å². The van der Waals surface area contributed by atoms with E-state index < -0.39 is 0 Å². The molecule has 1 fully saturated rings. The highest BCUT2D eigenvalue weighted by atomic mass is 35.5. The molecule has 1 saturated carbocycles. The lowest BCUT2D eigenvalue weighted by Crippen LogP contribution is -2.29. The smallest absolute Gasteiger partial charge is 0.0406 e. The van der Waals surface area contributed by atoms with Crippen molar-refractivity contribution in [1.29, 1.82) is 0 Å². The number of nitrogens with one attached hydrogen (secondary N) is 1. The zero-order chi connectivity index (χ0) is 12.1. The molecule has 1 aliphatic carbocycles. The number of rotatable bonds is 4. The first-order chi connectivity index (χ1) is 8.29. The maximum absolute atomic E-state index is 5.92. The Labute approximate surface area is 110 Å². The predicted molar refractivity (Wildman–Crippen MR) is 74.5 cm³/mol. The molecule has 0 bridgehead atoms. The Bertz CT molecular complexity index is 331. The van der Waals surface area contributed by atoms with Gasteiger partial charge in [0.25, 0.3) is 0 Å². The lowest BCUT2D eigenvalue weighted by Gasteiger charge is -2.31. The normalized spacial score (nSPS) is 24.8. The van der Waals surface area contributed by atoms with Crippen LogP contribution in [0.4, 0.5) is 0 Å². The van der Waals surface area contributed by atoms with Crippen molar-refractivity contribution in [1.82, 2.24) is 5.32 Å². The van der Waals surface area contributed by atoms with Crippen LogP contribution in [-0.2, 0) is 6.42 Å². The second-order valence-corrected chi connectivity index (χ2v) is 5.63. The summed E-state index contributed by atoms with van der Waals surface area (Å²) in [4.78, 5) is 0. The number of hydrogen-bond acceptors (Lipinski definition) is 1. The minimum absolute atomic E-state index is 0.837. The highest BCUT2D eigenvalue weighted by Crippen LogP contribution is 2.32. The third kappa shape index (κ3) is 3.72. The van der Waals surface area contributed by atoms with Crippen LogP contribution in [0.3, 0.4) is 0 Å². The Morgan fingerprint density at radius 3 is 2.41 bits per heavy atom. The van der Waals surface area contributed by atoms with Gasteiger partial charge >= 0.3 is 0 Å². The van der Waals surface area contributed by atoms with Crippen molar-refractivity contribution in [2.24, 2.45) is 11.8 Å². The van der Waals surface area contributed by atoms with Gasteiger partial charge in [-0.25, -0.2) is 0 Å². The molecule has 2 rings (SSSR count). The van der Waals surface area contributed by atoms with E-state index in [2.05, 4.69) is 24.5 Å². The molecule has 2 heteroatoms. The molecule has 1 aromatic rings. The molecule has 94 valence electrons. The molecule has 0 heterocycles. The van der Waals surface area contributed by atoms with Gasteiger partial charge in [0, 0.05) is 5.02 Å². The summed E-state index contributed by atoms with van der Waals surface area (Å²) < 4.78 is 0. The van der Waals surface area contributed by atoms with Gasteiger partial charge in [0.15, 0.2) is 0 Å². The van der Waals surface area contributed by atoms with E-state index in [4.69, 9.17) is 11.6 Å². The summed E-state index contributed by atoms with van der Waals surface area (Å²) >= 11 is 5.92. The minimum atomic E-state index is 0.837. The highest BCUT2D eigenvalue weighted by Gasteiger charge is 2.24. The van der Waals surface area contributed by atoms with E-state index in [-0.39, 0.29) is 0 Å². The van der Waals surface area contributed by atoms with E-state index in [1.54, 1.807) is 0 Å². The van der Waals surface area contributed by atoms with E-state index >= 15 is 0 Å². The fourth-order valence-corrected chi connectivity index (χ4v) is 3.13. The lowest BCUT2D eigenvalue weighted by atomic mass is 9.76. The number of hydrogen-bond donors (Lipinski definition) is 1. The monoisotopic (exact) mass is 251 g/mol. The van der Waals surface area contributed by atoms with E-state index in [1.165, 1.54) is 37.7 Å². The molecule has 0 aromatic heterocycles. The quantitative estimate of drug-likeness (QED) is 0.856. The topological polar surface area (TPSA) is 12.0 Å². The SMILES string of the molecule is CNCC1CCCCC1Cc1ccc(Cl)cc1. The van der Waals surface area contributed by atoms with Gasteiger partial charge in [-0.2, -0.15) is 0 Å². The van der Waals surface area contributed by atoms with Gasteiger partial charge in [-0.3, -0.25) is 0 Å². The Morgan fingerprint density at radius 1 is 1.12 bits per heavy atom. The largest absolute Gasteiger partial charge is 0.319 e. The zero-order valence-electron chi connectivity index (χ0n) is 10.6. The average molecular weight is 252 g/mol. The summed E-state index contributed by atoms with van der Waals surface area (Å²) in [7, 11) is 2.06. The van der Waals surface area contributed by atoms with Gasteiger partial charge in [-0.15, -0.1) is 0 Å². The van der Waals surface area contributed by atoms with Crippen LogP contribution < -0.4 is 5.32 Å². The molecule has 17 heavy (non-hydrogen) atoms. The maximum atomic E-state index is 5.92. The summed E-state index contributed by atoms with van der Waals surface area (Å²) in [6, 6.07) is 8.36. The third-order valence-corrected chi connectivity index (χ3v) is 4.20. The van der Waals surface area contributed by atoms with E-state index in [0.29, 0.717) is 0 Å². The first-order valence-electron chi connectivity index (χ1n) is 6.68. The molecular weight excluding hydrogens is 230 g/mol. The Hall–Kier alpha value is -0.530. The zero-order valence-corrected chi connectivity index (χ0v) is 11.3. The predicted octanol–water partition coefficient (Wildman–Crippen LogP) is 3.91. The molecular formula is C15H22ClN. The fourth-order valence-electron chi connectivity index (χ4n) is 3.01. The van der Waals surface area contributed by atoms with E-state index in [0.717, 1.165) is 23.4 Å². The van der Waals surface area contributed by atoms with Crippen LogP contribution in [0.5, 0.6) is 0 Å². The summed E-state index contributed by atoms with van der Waals surface area (Å²) in [5.41, 5.74) is 1.43. The van der Waals surface area contributed by atoms with Crippen molar-refractivity contribution in [2.75, 3.05) is 13.6 Å². The van der Waals surface area contributed by atoms with Crippen LogP contribution >= 0.6 is 11.6 Å². The second kappa shape index (κ2) is 6.42. The van der Waals surface area contributed by atoms with Crippen LogP contribution in [0.2, 0.25) is 5.02 Å². The minimum Gasteiger partial charge on any atom is -0.319 e. The van der Waals surface area contributed by atoms with Crippen molar-refractivity contribution in [3.63, 3.8) is 0 Å². The molecule has 0 radical (unpaired) electrons. The number of benzene rings is 1. The molecule has 1 aromatic carbocycles. The average Bonchev–Trinajstić information content (AvgIpc) is 2.35. The van der Waals surface area contributed by atoms with Gasteiger partial charge in [0.1, 0.15) is 0 Å². The molecule has 0 amide bonds. The first kappa shape index (κ1) is 12.9. The summed E-state index contributed by atoms with van der Waals surface area (Å²) in [5, 5.41) is 4.18. The van der Waals surface area contributed by atoms with Gasteiger partial charge < -0.3 is 5.32 Å². The van der Waals surface area contributed by atoms with Gasteiger partial charge in [0.05, 0.1) is 0 Å². The van der Waals surface area contributed by atoms with Crippen LogP contribution in [-0.4, -0.2) is 13.6 Å². The molecule has 0 spiro atoms. The first-order valence-corrected chi connectivity index (χ1v) is 7.06. The van der Waals surface area contributed by atoms with Crippen molar-refractivity contribution < 1.29 is 0 Å². The van der Waals surface area contributed by atoms with Gasteiger partial charge in [0.2, 0.25) is 0 Å². The van der Waals surface area contributed by atoms with Crippen molar-refractivity contribution in [3.05, 3.63) is 34.9 Å². The molecule has 1 N–H and O–H groups in total. The number of halogens is 1. The Morgan fingerprint density at radius 2 is 1.76 bits per heavy atom. The van der Waals surface area contributed by atoms with Gasteiger partial charge in [-0.1, -0.05) is 36.6 Å². The van der Waals surface area contributed by atoms with E-state index in [1.807, 2.05) is 12.1 Å². The van der Waals surface area contributed by atoms with Crippen LogP contribution in [0.25, 0.3) is 0 Å². The third-order valence-electron chi connectivity index (χ3n) is 3.94. The van der Waals surface area contributed by atoms with Gasteiger partial charge in [-0.05, 0) is 62.4 Å². The van der Waals surface area contributed by atoms with Crippen LogP contribution in [0.1, 0.15) is 31.2 Å². The molecule has 0 saturated heterocycles. The van der Waals surface area contributed by atoms with Crippen LogP contribution in [0.15, 0.2) is 24.3 Å². The Balaban J connectivity index is 1.97. The molecule has 1 nitrogen and oxygen atoms in total. The van der Waals surface area contributed by atoms with Crippen molar-refractivity contribution in [2.45, 2.75) is 32.1 Å². The van der Waals surface area contributed by atoms with E-state index in [9.17, 15) is 0 Å². The van der Waals surface area contributed by atoms with Crippen LogP contribution in [0, 0.1) is 11.8 Å². The molecule has 2 unspecified atom stereocenters. The van der Waals surface area contributed by atoms with Crippen molar-refractivity contribution in [3.8, 4) is 0 Å². The summed E-state index contributed by atoms with van der Waals surface area (Å²) in [5.74, 6) is 1.70. The fraction of sp³-hybridized carbons (Fsp3) is 0.600. The Kier molecular flexibility index (Phi) is 4.87. The maximum Gasteiger partial charge on any atom is 0.0406 e. The highest BCUT2D eigenvalue weighted by molar-refractivity contribution is 6.30. The summed E-state index contributed by atoms with van der Waals surface area (Å²) in [6.45, 7) is 1.16.